The summed E-state index contributed by atoms with van der Waals surface area (Å²) in [6, 6.07) is 8.26. The first-order chi connectivity index (χ1) is 13.6. The molecule has 3 rings (SSSR count). The summed E-state index contributed by atoms with van der Waals surface area (Å²) in [5.74, 6) is -1.18. The molecule has 7 nitrogen and oxygen atoms in total. The molecule has 2 unspecified atom stereocenters. The van der Waals surface area contributed by atoms with Crippen molar-refractivity contribution in [2.24, 2.45) is 0 Å². The Balaban J connectivity index is 1.77. The van der Waals surface area contributed by atoms with Gasteiger partial charge in [0.15, 0.2) is 6.04 Å². The molecular weight excluding hydrogens is 476 g/mol. The van der Waals surface area contributed by atoms with Gasteiger partial charge in [-0.25, -0.2) is 4.79 Å². The molecule has 1 saturated heterocycles. The second kappa shape index (κ2) is 8.63. The lowest BCUT2D eigenvalue weighted by Gasteiger charge is -2.49. The van der Waals surface area contributed by atoms with Gasteiger partial charge in [0.25, 0.3) is 5.91 Å². The number of β-lactam (4-membered cyclic amide) rings is 1. The lowest BCUT2D eigenvalue weighted by Crippen LogP contribution is -2.75. The zero-order valence-electron chi connectivity index (χ0n) is 16.4. The molecule has 1 fully saturated rings. The molecule has 0 spiro atoms. The predicted molar refractivity (Wildman–Crippen MR) is 116 cm³/mol. The summed E-state index contributed by atoms with van der Waals surface area (Å²) in [6.07, 6.45) is 0.122. The van der Waals surface area contributed by atoms with Gasteiger partial charge in [-0.1, -0.05) is 46.3 Å². The number of fused-ring (bicyclic) bond motifs is 1. The molecule has 1 aromatic rings. The highest BCUT2D eigenvalue weighted by Crippen LogP contribution is 2.38. The standard InChI is InChI=1S/C19H23BrN2O5SSi/c1-29(2,3)27-19(25)16-13(10-20)11-28(26)18-15(17(24)22(16)18)21-14(23)9-12-7-5-4-6-8-12/h4-8,15,18H,9-11H2,1-3H3,(H,21,23)/t15?,18-,28?/m1/s1. The third-order valence-corrected chi connectivity index (χ3v) is 7.61. The van der Waals surface area contributed by atoms with E-state index in [1.807, 2.05) is 50.0 Å². The molecule has 0 radical (unpaired) electrons. The minimum absolute atomic E-state index is 0.122. The molecule has 2 heterocycles. The average Bonchev–Trinajstić information content (AvgIpc) is 2.64. The monoisotopic (exact) mass is 498 g/mol. The molecule has 0 saturated carbocycles. The van der Waals surface area contributed by atoms with Gasteiger partial charge in [0, 0.05) is 10.9 Å². The fraction of sp³-hybridized carbons (Fsp3) is 0.421. The van der Waals surface area contributed by atoms with Crippen molar-refractivity contribution in [2.75, 3.05) is 11.1 Å². The topological polar surface area (TPSA) is 98.8 Å². The van der Waals surface area contributed by atoms with E-state index in [2.05, 4.69) is 21.2 Å². The van der Waals surface area contributed by atoms with Crippen molar-refractivity contribution in [2.45, 2.75) is 37.5 Å². The Bertz CT molecular complexity index is 858. The van der Waals surface area contributed by atoms with Gasteiger partial charge >= 0.3 is 5.97 Å². The average molecular weight is 499 g/mol. The van der Waals surface area contributed by atoms with E-state index in [0.717, 1.165) is 5.56 Å². The first-order valence-electron chi connectivity index (χ1n) is 9.17. The number of nitrogens with one attached hydrogen (secondary N) is 1. The van der Waals surface area contributed by atoms with Crippen LogP contribution in [0.4, 0.5) is 0 Å². The van der Waals surface area contributed by atoms with Gasteiger partial charge in [0.2, 0.25) is 19.6 Å². The Hall–Kier alpha value is -1.62. The molecule has 1 N–H and O–H groups in total. The summed E-state index contributed by atoms with van der Waals surface area (Å²) in [5.41, 5.74) is 1.55. The molecule has 0 bridgehead atoms. The van der Waals surface area contributed by atoms with Crippen LogP contribution in [0.15, 0.2) is 41.6 Å². The van der Waals surface area contributed by atoms with Crippen LogP contribution in [0.2, 0.25) is 19.6 Å². The van der Waals surface area contributed by atoms with Crippen LogP contribution in [0.1, 0.15) is 5.56 Å². The SMILES string of the molecule is C[Si](C)(C)OC(=O)C1=C(CBr)C[S+]([O-])[C@@H]2C(NC(=O)Cc3ccccc3)C(=O)N12. The third kappa shape index (κ3) is 4.76. The minimum Gasteiger partial charge on any atom is -0.614 e. The number of carbonyl (C=O) groups excluding carboxylic acids is 3. The van der Waals surface area contributed by atoms with Gasteiger partial charge < -0.3 is 14.3 Å². The van der Waals surface area contributed by atoms with Crippen LogP contribution in [0.3, 0.4) is 0 Å². The summed E-state index contributed by atoms with van der Waals surface area (Å²) in [6.45, 7) is 5.63. The summed E-state index contributed by atoms with van der Waals surface area (Å²) in [4.78, 5) is 39.2. The van der Waals surface area contributed by atoms with Crippen molar-refractivity contribution in [1.82, 2.24) is 10.2 Å². The van der Waals surface area contributed by atoms with Crippen LogP contribution in [0, 0.1) is 0 Å². The number of nitrogens with zero attached hydrogens (tertiary/aromatic N) is 1. The smallest absolute Gasteiger partial charge is 0.342 e. The zero-order valence-corrected chi connectivity index (χ0v) is 19.8. The molecule has 156 valence electrons. The molecule has 0 aromatic heterocycles. The Labute approximate surface area is 182 Å². The Morgan fingerprint density at radius 2 is 1.97 bits per heavy atom. The molecule has 2 aliphatic rings. The fourth-order valence-corrected chi connectivity index (χ4v) is 6.34. The van der Waals surface area contributed by atoms with Crippen molar-refractivity contribution in [3.8, 4) is 0 Å². The molecule has 1 aromatic carbocycles. The van der Waals surface area contributed by atoms with E-state index in [1.54, 1.807) is 0 Å². The first-order valence-corrected chi connectivity index (χ1v) is 15.1. The Morgan fingerprint density at radius 1 is 1.31 bits per heavy atom. The van der Waals surface area contributed by atoms with Crippen LogP contribution in [0.5, 0.6) is 0 Å². The van der Waals surface area contributed by atoms with Gasteiger partial charge in [-0.05, 0) is 36.4 Å². The number of alkyl halides is 1. The maximum absolute atomic E-state index is 12.8. The summed E-state index contributed by atoms with van der Waals surface area (Å²) < 4.78 is 18.3. The Morgan fingerprint density at radius 3 is 2.55 bits per heavy atom. The van der Waals surface area contributed by atoms with Crippen molar-refractivity contribution in [3.05, 3.63) is 47.2 Å². The molecule has 10 heteroatoms. The first kappa shape index (κ1) is 22.1. The minimum atomic E-state index is -2.18. The van der Waals surface area contributed by atoms with E-state index in [1.165, 1.54) is 4.90 Å². The summed E-state index contributed by atoms with van der Waals surface area (Å²) in [5, 5.41) is 2.24. The largest absolute Gasteiger partial charge is 0.614 e. The number of carbonyl (C=O) groups is 3. The molecule has 3 atom stereocenters. The van der Waals surface area contributed by atoms with Gasteiger partial charge in [-0.15, -0.1) is 0 Å². The number of hydrogen-bond acceptors (Lipinski definition) is 5. The fourth-order valence-electron chi connectivity index (χ4n) is 3.28. The highest BCUT2D eigenvalue weighted by molar-refractivity contribution is 9.09. The second-order valence-electron chi connectivity index (χ2n) is 7.92. The highest BCUT2D eigenvalue weighted by atomic mass is 79.9. The van der Waals surface area contributed by atoms with Crippen molar-refractivity contribution in [1.29, 1.82) is 0 Å². The molecule has 29 heavy (non-hydrogen) atoms. The van der Waals surface area contributed by atoms with Crippen LogP contribution < -0.4 is 5.32 Å². The zero-order chi connectivity index (χ0) is 21.3. The third-order valence-electron chi connectivity index (χ3n) is 4.48. The van der Waals surface area contributed by atoms with Gasteiger partial charge in [-0.2, -0.15) is 0 Å². The lowest BCUT2D eigenvalue weighted by molar-refractivity contribution is -0.150. The van der Waals surface area contributed by atoms with E-state index >= 15 is 0 Å². The Kier molecular flexibility index (Phi) is 6.56. The lowest BCUT2D eigenvalue weighted by atomic mass is 10.0. The van der Waals surface area contributed by atoms with Crippen LogP contribution >= 0.6 is 15.9 Å². The number of hydrogen-bond donors (Lipinski definition) is 1. The number of halogens is 1. The number of benzene rings is 1. The van der Waals surface area contributed by atoms with E-state index < -0.39 is 42.8 Å². The molecule has 2 amide bonds. The van der Waals surface area contributed by atoms with E-state index in [9.17, 15) is 18.9 Å². The van der Waals surface area contributed by atoms with Crippen molar-refractivity contribution in [3.63, 3.8) is 0 Å². The number of amides is 2. The molecule has 2 aliphatic heterocycles. The summed E-state index contributed by atoms with van der Waals surface area (Å²) >= 11 is 1.89. The van der Waals surface area contributed by atoms with Crippen molar-refractivity contribution < 1.29 is 23.4 Å². The predicted octanol–water partition coefficient (Wildman–Crippen LogP) is 1.67. The van der Waals surface area contributed by atoms with Crippen LogP contribution in [-0.2, 0) is 36.4 Å². The molecule has 0 aliphatic carbocycles. The van der Waals surface area contributed by atoms with Crippen LogP contribution in [0.25, 0.3) is 0 Å². The van der Waals surface area contributed by atoms with Crippen LogP contribution in [-0.4, -0.2) is 58.1 Å². The van der Waals surface area contributed by atoms with E-state index in [4.69, 9.17) is 4.43 Å². The van der Waals surface area contributed by atoms with Crippen molar-refractivity contribution >= 4 is 53.2 Å². The van der Waals surface area contributed by atoms with Gasteiger partial charge in [0.1, 0.15) is 11.4 Å². The second-order valence-corrected chi connectivity index (χ2v) is 14.4. The normalized spacial score (nSPS) is 24.0. The van der Waals surface area contributed by atoms with E-state index in [-0.39, 0.29) is 23.8 Å². The van der Waals surface area contributed by atoms with E-state index in [0.29, 0.717) is 10.9 Å². The quantitative estimate of drug-likeness (QED) is 0.278. The maximum Gasteiger partial charge on any atom is 0.342 e. The number of rotatable bonds is 6. The molecular formula is C19H23BrN2O5SSi. The summed E-state index contributed by atoms with van der Waals surface area (Å²) in [7, 11) is -2.18. The maximum atomic E-state index is 12.8. The van der Waals surface area contributed by atoms with Gasteiger partial charge in [-0.3, -0.25) is 14.5 Å². The van der Waals surface area contributed by atoms with Gasteiger partial charge in [0.05, 0.1) is 6.42 Å². The highest BCUT2D eigenvalue weighted by Gasteiger charge is 2.61.